The van der Waals surface area contributed by atoms with Gasteiger partial charge in [0.1, 0.15) is 12.4 Å². The average Bonchev–Trinajstić information content (AvgIpc) is 3.06. The van der Waals surface area contributed by atoms with E-state index in [2.05, 4.69) is 4.98 Å². The Bertz CT molecular complexity index is 854. The van der Waals surface area contributed by atoms with E-state index in [9.17, 15) is 18.0 Å². The number of hydrogen-bond donors (Lipinski definition) is 0. The molecule has 2 aromatic rings. The van der Waals surface area contributed by atoms with Crippen LogP contribution in [0, 0.1) is 0 Å². The molecule has 26 heavy (non-hydrogen) atoms. The van der Waals surface area contributed by atoms with Crippen molar-refractivity contribution in [1.29, 1.82) is 0 Å². The standard InChI is InChI=1S/C18H16F3N3O2/c19-18(20,21)14-4-2-7-22-16(14)23-8-6-13-12(11-23)3-1-5-15(13)24-9-10-26-17(24)25/h1-5,7H,6,8-11H2. The minimum absolute atomic E-state index is 0.0587. The lowest BCUT2D eigenvalue weighted by molar-refractivity contribution is -0.137. The monoisotopic (exact) mass is 363 g/mol. The lowest BCUT2D eigenvalue weighted by atomic mass is 9.96. The predicted octanol–water partition coefficient (Wildman–Crippen LogP) is 3.62. The fourth-order valence-corrected chi connectivity index (χ4v) is 3.51. The smallest absolute Gasteiger partial charge is 0.419 e. The number of nitrogens with zero attached hydrogens (tertiary/aromatic N) is 3. The zero-order valence-corrected chi connectivity index (χ0v) is 13.8. The minimum atomic E-state index is -4.45. The molecule has 1 fully saturated rings. The van der Waals surface area contributed by atoms with Crippen LogP contribution in [0.2, 0.25) is 0 Å². The van der Waals surface area contributed by atoms with E-state index in [1.54, 1.807) is 9.80 Å². The van der Waals surface area contributed by atoms with Crippen LogP contribution in [0.25, 0.3) is 0 Å². The molecule has 0 bridgehead atoms. The summed E-state index contributed by atoms with van der Waals surface area (Å²) in [6, 6.07) is 7.88. The number of hydrogen-bond acceptors (Lipinski definition) is 4. The molecule has 1 aromatic heterocycles. The molecule has 0 saturated carbocycles. The summed E-state index contributed by atoms with van der Waals surface area (Å²) >= 11 is 0. The predicted molar refractivity (Wildman–Crippen MR) is 89.1 cm³/mol. The first-order valence-corrected chi connectivity index (χ1v) is 8.27. The van der Waals surface area contributed by atoms with Crippen molar-refractivity contribution in [2.45, 2.75) is 19.1 Å². The number of rotatable bonds is 2. The average molecular weight is 363 g/mol. The third kappa shape index (κ3) is 2.85. The molecule has 4 rings (SSSR count). The second-order valence-corrected chi connectivity index (χ2v) is 6.22. The Labute approximate surface area is 148 Å². The molecule has 0 N–H and O–H groups in total. The molecule has 2 aliphatic rings. The highest BCUT2D eigenvalue weighted by Crippen LogP contribution is 2.38. The summed E-state index contributed by atoms with van der Waals surface area (Å²) in [4.78, 5) is 19.1. The number of ether oxygens (including phenoxy) is 1. The van der Waals surface area contributed by atoms with Crippen molar-refractivity contribution in [2.75, 3.05) is 29.5 Å². The van der Waals surface area contributed by atoms with Crippen molar-refractivity contribution in [2.24, 2.45) is 0 Å². The number of cyclic esters (lactones) is 1. The van der Waals surface area contributed by atoms with Gasteiger partial charge in [-0.05, 0) is 35.7 Å². The topological polar surface area (TPSA) is 45.7 Å². The molecule has 0 atom stereocenters. The number of fused-ring (bicyclic) bond motifs is 1. The molecule has 0 radical (unpaired) electrons. The Morgan fingerprint density at radius 2 is 1.96 bits per heavy atom. The highest BCUT2D eigenvalue weighted by molar-refractivity contribution is 5.90. The van der Waals surface area contributed by atoms with E-state index in [1.807, 2.05) is 18.2 Å². The van der Waals surface area contributed by atoms with E-state index >= 15 is 0 Å². The fourth-order valence-electron chi connectivity index (χ4n) is 3.51. The van der Waals surface area contributed by atoms with Crippen LogP contribution in [-0.4, -0.2) is 30.8 Å². The first-order valence-electron chi connectivity index (χ1n) is 8.27. The highest BCUT2D eigenvalue weighted by Gasteiger charge is 2.36. The Kier molecular flexibility index (Phi) is 3.97. The lowest BCUT2D eigenvalue weighted by Crippen LogP contribution is -2.34. The molecule has 3 heterocycles. The maximum absolute atomic E-state index is 13.3. The molecule has 2 aliphatic heterocycles. The van der Waals surface area contributed by atoms with Crippen molar-refractivity contribution >= 4 is 17.6 Å². The number of anilines is 2. The zero-order chi connectivity index (χ0) is 18.3. The van der Waals surface area contributed by atoms with Gasteiger partial charge in [-0.1, -0.05) is 12.1 Å². The van der Waals surface area contributed by atoms with Crippen molar-refractivity contribution in [1.82, 2.24) is 4.98 Å². The second-order valence-electron chi connectivity index (χ2n) is 6.22. The SMILES string of the molecule is O=C1OCCN1c1cccc2c1CCN(c1ncccc1C(F)(F)F)C2. The van der Waals surface area contributed by atoms with Gasteiger partial charge in [0.15, 0.2) is 0 Å². The van der Waals surface area contributed by atoms with E-state index in [4.69, 9.17) is 4.74 Å². The minimum Gasteiger partial charge on any atom is -0.447 e. The molecule has 0 aliphatic carbocycles. The van der Waals surface area contributed by atoms with Crippen LogP contribution < -0.4 is 9.80 Å². The zero-order valence-electron chi connectivity index (χ0n) is 13.8. The van der Waals surface area contributed by atoms with Crippen LogP contribution in [-0.2, 0) is 23.9 Å². The highest BCUT2D eigenvalue weighted by atomic mass is 19.4. The lowest BCUT2D eigenvalue weighted by Gasteiger charge is -2.33. The van der Waals surface area contributed by atoms with E-state index in [1.165, 1.54) is 12.3 Å². The van der Waals surface area contributed by atoms with Gasteiger partial charge in [0.05, 0.1) is 17.8 Å². The summed E-state index contributed by atoms with van der Waals surface area (Å²) in [7, 11) is 0. The van der Waals surface area contributed by atoms with Crippen LogP contribution in [0.5, 0.6) is 0 Å². The van der Waals surface area contributed by atoms with Gasteiger partial charge in [0.2, 0.25) is 0 Å². The normalized spacial score (nSPS) is 17.3. The maximum atomic E-state index is 13.3. The molecular weight excluding hydrogens is 347 g/mol. The fraction of sp³-hybridized carbons (Fsp3) is 0.333. The quantitative estimate of drug-likeness (QED) is 0.818. The van der Waals surface area contributed by atoms with Gasteiger partial charge in [-0.25, -0.2) is 9.78 Å². The third-order valence-corrected chi connectivity index (χ3v) is 4.68. The number of halogens is 3. The number of aromatic nitrogens is 1. The van der Waals surface area contributed by atoms with Crippen LogP contribution >= 0.6 is 0 Å². The summed E-state index contributed by atoms with van der Waals surface area (Å²) in [5, 5.41) is 0. The van der Waals surface area contributed by atoms with Crippen molar-refractivity contribution in [3.63, 3.8) is 0 Å². The number of benzene rings is 1. The molecule has 1 amide bonds. The van der Waals surface area contributed by atoms with Crippen LogP contribution in [0.4, 0.5) is 29.5 Å². The van der Waals surface area contributed by atoms with Crippen molar-refractivity contribution in [3.8, 4) is 0 Å². The van der Waals surface area contributed by atoms with Gasteiger partial charge < -0.3 is 9.64 Å². The molecular formula is C18H16F3N3O2. The Hall–Kier alpha value is -2.77. The van der Waals surface area contributed by atoms with Crippen LogP contribution in [0.3, 0.4) is 0 Å². The molecule has 1 saturated heterocycles. The molecule has 0 spiro atoms. The summed E-state index contributed by atoms with van der Waals surface area (Å²) < 4.78 is 44.9. The number of alkyl halides is 3. The summed E-state index contributed by atoms with van der Waals surface area (Å²) in [5.41, 5.74) is 1.92. The van der Waals surface area contributed by atoms with Gasteiger partial charge >= 0.3 is 12.3 Å². The summed E-state index contributed by atoms with van der Waals surface area (Å²) in [6.07, 6.45) is -2.93. The Morgan fingerprint density at radius 3 is 2.69 bits per heavy atom. The van der Waals surface area contributed by atoms with E-state index in [-0.39, 0.29) is 11.9 Å². The summed E-state index contributed by atoms with van der Waals surface area (Å²) in [5.74, 6) is -0.0587. The van der Waals surface area contributed by atoms with E-state index in [0.29, 0.717) is 32.7 Å². The number of carbonyl (C=O) groups is 1. The van der Waals surface area contributed by atoms with Gasteiger partial charge in [-0.3, -0.25) is 4.90 Å². The molecule has 1 aromatic carbocycles. The van der Waals surface area contributed by atoms with E-state index in [0.717, 1.165) is 22.9 Å². The maximum Gasteiger partial charge on any atom is 0.419 e. The van der Waals surface area contributed by atoms with Gasteiger partial charge in [0, 0.05) is 19.3 Å². The first kappa shape index (κ1) is 16.7. The number of carbonyl (C=O) groups excluding carboxylic acids is 1. The van der Waals surface area contributed by atoms with Crippen molar-refractivity contribution in [3.05, 3.63) is 53.2 Å². The van der Waals surface area contributed by atoms with Gasteiger partial charge in [-0.15, -0.1) is 0 Å². The van der Waals surface area contributed by atoms with E-state index < -0.39 is 11.7 Å². The number of pyridine rings is 1. The Morgan fingerprint density at radius 1 is 1.12 bits per heavy atom. The van der Waals surface area contributed by atoms with Crippen molar-refractivity contribution < 1.29 is 22.7 Å². The largest absolute Gasteiger partial charge is 0.447 e. The van der Waals surface area contributed by atoms with Crippen LogP contribution in [0.1, 0.15) is 16.7 Å². The van der Waals surface area contributed by atoms with Gasteiger partial charge in [-0.2, -0.15) is 13.2 Å². The van der Waals surface area contributed by atoms with Gasteiger partial charge in [0.25, 0.3) is 0 Å². The first-order chi connectivity index (χ1) is 12.4. The molecule has 8 heteroatoms. The third-order valence-electron chi connectivity index (χ3n) is 4.68. The molecule has 5 nitrogen and oxygen atoms in total. The molecule has 136 valence electrons. The Balaban J connectivity index is 1.67. The second kappa shape index (κ2) is 6.19. The summed E-state index contributed by atoms with van der Waals surface area (Å²) in [6.45, 7) is 1.54. The molecule has 0 unspecified atom stereocenters. The van der Waals surface area contributed by atoms with Crippen LogP contribution in [0.15, 0.2) is 36.5 Å². The number of amides is 1.